The highest BCUT2D eigenvalue weighted by atomic mass is 16.5. The summed E-state index contributed by atoms with van der Waals surface area (Å²) in [6.45, 7) is 1.26. The highest BCUT2D eigenvalue weighted by Gasteiger charge is 2.38. The predicted octanol–water partition coefficient (Wildman–Crippen LogP) is 0.968. The number of nitrogens with zero attached hydrogens (tertiary/aromatic N) is 1. The minimum absolute atomic E-state index is 0.0757. The van der Waals surface area contributed by atoms with Gasteiger partial charge in [0.25, 0.3) is 0 Å². The molecular weight excluding hydrogens is 338 g/mol. The van der Waals surface area contributed by atoms with E-state index in [-0.39, 0.29) is 37.9 Å². The number of carbonyl (C=O) groups excluding carboxylic acids is 2. The van der Waals surface area contributed by atoms with Crippen LogP contribution in [0.15, 0.2) is 30.3 Å². The maximum absolute atomic E-state index is 12.1. The van der Waals surface area contributed by atoms with Crippen molar-refractivity contribution in [3.05, 3.63) is 35.9 Å². The molecule has 0 radical (unpaired) electrons. The molecule has 1 aromatic carbocycles. The van der Waals surface area contributed by atoms with Crippen molar-refractivity contribution in [2.24, 2.45) is 0 Å². The number of nitrogens with one attached hydrogen (secondary N) is 2. The molecule has 0 saturated carbocycles. The Labute approximate surface area is 152 Å². The maximum Gasteiger partial charge on any atom is 0.317 e. The van der Waals surface area contributed by atoms with Crippen molar-refractivity contribution in [3.63, 3.8) is 0 Å². The van der Waals surface area contributed by atoms with Gasteiger partial charge in [-0.2, -0.15) is 0 Å². The number of benzene rings is 1. The fourth-order valence-electron chi connectivity index (χ4n) is 2.88. The average Bonchev–Trinajstić information content (AvgIpc) is 3.02. The van der Waals surface area contributed by atoms with Crippen LogP contribution in [-0.2, 0) is 20.9 Å². The van der Waals surface area contributed by atoms with Gasteiger partial charge in [-0.15, -0.1) is 0 Å². The van der Waals surface area contributed by atoms with Crippen LogP contribution in [0.4, 0.5) is 4.79 Å². The van der Waals surface area contributed by atoms with E-state index in [2.05, 4.69) is 10.6 Å². The molecule has 8 nitrogen and oxygen atoms in total. The van der Waals surface area contributed by atoms with Crippen LogP contribution in [0, 0.1) is 0 Å². The zero-order chi connectivity index (χ0) is 19.0. The van der Waals surface area contributed by atoms with Crippen LogP contribution >= 0.6 is 0 Å². The Balaban J connectivity index is 1.73. The summed E-state index contributed by atoms with van der Waals surface area (Å²) in [7, 11) is 1.68. The molecule has 1 unspecified atom stereocenters. The largest absolute Gasteiger partial charge is 0.481 e. The molecule has 0 aromatic heterocycles. The van der Waals surface area contributed by atoms with Gasteiger partial charge in [0.1, 0.15) is 0 Å². The van der Waals surface area contributed by atoms with Crippen LogP contribution < -0.4 is 10.6 Å². The second kappa shape index (κ2) is 9.19. The molecule has 8 heteroatoms. The number of hydrogen-bond donors (Lipinski definition) is 3. The molecule has 3 amide bonds. The standard InChI is InChI=1S/C18H25N3O5/c1-21(12-14-5-3-2-4-6-14)17(25)19-9-7-15(22)20-18(11-16(23)24)8-10-26-13-18/h2-6H,7-13H2,1H3,(H,19,25)(H,20,22)(H,23,24). The van der Waals surface area contributed by atoms with Crippen molar-refractivity contribution >= 4 is 17.9 Å². The van der Waals surface area contributed by atoms with E-state index < -0.39 is 11.5 Å². The molecule has 1 saturated heterocycles. The predicted molar refractivity (Wildman–Crippen MR) is 94.5 cm³/mol. The maximum atomic E-state index is 12.1. The second-order valence-electron chi connectivity index (χ2n) is 6.53. The Kier molecular flexibility index (Phi) is 6.97. The molecule has 0 bridgehead atoms. The summed E-state index contributed by atoms with van der Waals surface area (Å²) in [4.78, 5) is 36.7. The molecule has 1 aliphatic heterocycles. The van der Waals surface area contributed by atoms with Crippen LogP contribution in [0.1, 0.15) is 24.8 Å². The molecular formula is C18H25N3O5. The van der Waals surface area contributed by atoms with Gasteiger partial charge in [-0.3, -0.25) is 9.59 Å². The average molecular weight is 363 g/mol. The van der Waals surface area contributed by atoms with Crippen LogP contribution in [-0.4, -0.2) is 60.3 Å². The first kappa shape index (κ1) is 19.7. The molecule has 1 aromatic rings. The SMILES string of the molecule is CN(Cc1ccccc1)C(=O)NCCC(=O)NC1(CC(=O)O)CCOC1. The van der Waals surface area contributed by atoms with Crippen LogP contribution in [0.2, 0.25) is 0 Å². The van der Waals surface area contributed by atoms with Crippen LogP contribution in [0.3, 0.4) is 0 Å². The quantitative estimate of drug-likeness (QED) is 0.638. The number of carbonyl (C=O) groups is 3. The monoisotopic (exact) mass is 363 g/mol. The number of carboxylic acids is 1. The third-order valence-electron chi connectivity index (χ3n) is 4.24. The highest BCUT2D eigenvalue weighted by Crippen LogP contribution is 2.22. The lowest BCUT2D eigenvalue weighted by molar-refractivity contribution is -0.139. The zero-order valence-electron chi connectivity index (χ0n) is 14.9. The molecule has 0 spiro atoms. The minimum Gasteiger partial charge on any atom is -0.481 e. The second-order valence-corrected chi connectivity index (χ2v) is 6.53. The zero-order valence-corrected chi connectivity index (χ0v) is 14.9. The Morgan fingerprint density at radius 3 is 2.62 bits per heavy atom. The van der Waals surface area contributed by atoms with Gasteiger partial charge in [0.05, 0.1) is 18.6 Å². The van der Waals surface area contributed by atoms with Crippen molar-refractivity contribution in [1.82, 2.24) is 15.5 Å². The molecule has 26 heavy (non-hydrogen) atoms. The first-order chi connectivity index (χ1) is 12.4. The van der Waals surface area contributed by atoms with Crippen molar-refractivity contribution in [2.75, 3.05) is 26.8 Å². The Bertz CT molecular complexity index is 629. The molecule has 2 rings (SSSR count). The normalized spacial score (nSPS) is 19.0. The summed E-state index contributed by atoms with van der Waals surface area (Å²) < 4.78 is 5.24. The van der Waals surface area contributed by atoms with E-state index in [4.69, 9.17) is 9.84 Å². The fourth-order valence-corrected chi connectivity index (χ4v) is 2.88. The summed E-state index contributed by atoms with van der Waals surface area (Å²) in [6.07, 6.45) is 0.369. The first-order valence-electron chi connectivity index (χ1n) is 8.54. The summed E-state index contributed by atoms with van der Waals surface area (Å²) in [5.41, 5.74) is 0.163. The van der Waals surface area contributed by atoms with Gasteiger partial charge in [0, 0.05) is 33.2 Å². The van der Waals surface area contributed by atoms with Gasteiger partial charge in [0.2, 0.25) is 5.91 Å². The van der Waals surface area contributed by atoms with Crippen LogP contribution in [0.25, 0.3) is 0 Å². The van der Waals surface area contributed by atoms with E-state index in [1.54, 1.807) is 7.05 Å². The summed E-state index contributed by atoms with van der Waals surface area (Å²) in [5.74, 6) is -1.28. The number of ether oxygens (including phenoxy) is 1. The number of aliphatic carboxylic acids is 1. The van der Waals surface area contributed by atoms with E-state index >= 15 is 0 Å². The van der Waals surface area contributed by atoms with E-state index in [9.17, 15) is 14.4 Å². The lowest BCUT2D eigenvalue weighted by Crippen LogP contribution is -2.51. The van der Waals surface area contributed by atoms with Crippen molar-refractivity contribution in [1.29, 1.82) is 0 Å². The van der Waals surface area contributed by atoms with Crippen molar-refractivity contribution in [3.8, 4) is 0 Å². The number of urea groups is 1. The summed E-state index contributed by atoms with van der Waals surface area (Å²) in [6, 6.07) is 9.32. The van der Waals surface area contributed by atoms with Crippen LogP contribution in [0.5, 0.6) is 0 Å². The Hall–Kier alpha value is -2.61. The van der Waals surface area contributed by atoms with E-state index in [0.717, 1.165) is 5.56 Å². The number of hydrogen-bond acceptors (Lipinski definition) is 4. The molecule has 1 atom stereocenters. The number of carboxylic acid groups (broad SMARTS) is 1. The topological polar surface area (TPSA) is 108 Å². The third kappa shape index (κ3) is 6.03. The minimum atomic E-state index is -0.980. The number of rotatable bonds is 8. The summed E-state index contributed by atoms with van der Waals surface area (Å²) >= 11 is 0. The Morgan fingerprint density at radius 1 is 1.27 bits per heavy atom. The van der Waals surface area contributed by atoms with Crippen molar-refractivity contribution < 1.29 is 24.2 Å². The van der Waals surface area contributed by atoms with Gasteiger partial charge in [-0.05, 0) is 12.0 Å². The Morgan fingerprint density at radius 2 is 2.00 bits per heavy atom. The van der Waals surface area contributed by atoms with Gasteiger partial charge in [0.15, 0.2) is 0 Å². The lowest BCUT2D eigenvalue weighted by Gasteiger charge is -2.27. The lowest BCUT2D eigenvalue weighted by atomic mass is 9.94. The summed E-state index contributed by atoms with van der Waals surface area (Å²) in [5, 5.41) is 14.5. The van der Waals surface area contributed by atoms with E-state index in [1.807, 2.05) is 30.3 Å². The molecule has 0 aliphatic carbocycles. The van der Waals surface area contributed by atoms with Gasteiger partial charge < -0.3 is 25.4 Å². The van der Waals surface area contributed by atoms with E-state index in [0.29, 0.717) is 19.6 Å². The first-order valence-corrected chi connectivity index (χ1v) is 8.54. The molecule has 3 N–H and O–H groups in total. The fraction of sp³-hybridized carbons (Fsp3) is 0.500. The molecule has 1 fully saturated rings. The molecule has 1 aliphatic rings. The van der Waals surface area contributed by atoms with E-state index in [1.165, 1.54) is 4.90 Å². The molecule has 1 heterocycles. The van der Waals surface area contributed by atoms with Gasteiger partial charge >= 0.3 is 12.0 Å². The van der Waals surface area contributed by atoms with Crippen molar-refractivity contribution in [2.45, 2.75) is 31.3 Å². The number of amides is 3. The molecule has 142 valence electrons. The smallest absolute Gasteiger partial charge is 0.317 e. The van der Waals surface area contributed by atoms with Gasteiger partial charge in [-0.25, -0.2) is 4.79 Å². The van der Waals surface area contributed by atoms with Gasteiger partial charge in [-0.1, -0.05) is 30.3 Å². The third-order valence-corrected chi connectivity index (χ3v) is 4.24. The highest BCUT2D eigenvalue weighted by molar-refractivity contribution is 5.80.